The van der Waals surface area contributed by atoms with Gasteiger partial charge in [-0.3, -0.25) is 14.9 Å². The van der Waals surface area contributed by atoms with Crippen molar-refractivity contribution in [3.8, 4) is 0 Å². The molecule has 6 heteroatoms. The van der Waals surface area contributed by atoms with Crippen LogP contribution in [-0.2, 0) is 0 Å². The maximum atomic E-state index is 12.1. The Hall–Kier alpha value is -2.37. The fraction of sp³-hybridized carbons (Fsp3) is 0.357. The van der Waals surface area contributed by atoms with Gasteiger partial charge in [0, 0.05) is 31.8 Å². The van der Waals surface area contributed by atoms with Crippen molar-refractivity contribution in [3.63, 3.8) is 0 Å². The fourth-order valence-corrected chi connectivity index (χ4v) is 2.31. The summed E-state index contributed by atoms with van der Waals surface area (Å²) in [5.74, 6) is -0.310. The lowest BCUT2D eigenvalue weighted by molar-refractivity contribution is -0.384. The topological polar surface area (TPSA) is 75.5 Å². The number of rotatable bonds is 5. The summed E-state index contributed by atoms with van der Waals surface area (Å²) in [6.07, 6.45) is 3.72. The average Bonchev–Trinajstić information content (AvgIpc) is 2.98. The third-order valence-corrected chi connectivity index (χ3v) is 3.29. The number of nitrogens with zero attached hydrogens (tertiary/aromatic N) is 2. The maximum absolute atomic E-state index is 12.1. The second-order valence-corrected chi connectivity index (χ2v) is 4.65. The lowest BCUT2D eigenvalue weighted by Crippen LogP contribution is -2.27. The molecule has 0 atom stereocenters. The van der Waals surface area contributed by atoms with E-state index in [9.17, 15) is 14.9 Å². The molecular formula is C14H17N3O3. The Morgan fingerprint density at radius 1 is 1.45 bits per heavy atom. The quantitative estimate of drug-likeness (QED) is 0.507. The van der Waals surface area contributed by atoms with Crippen LogP contribution in [0.25, 0.3) is 0 Å². The summed E-state index contributed by atoms with van der Waals surface area (Å²) >= 11 is 0. The molecule has 1 amide bonds. The number of anilines is 1. The van der Waals surface area contributed by atoms with Crippen molar-refractivity contribution in [2.75, 3.05) is 24.5 Å². The number of benzene rings is 1. The Morgan fingerprint density at radius 3 is 2.75 bits per heavy atom. The largest absolute Gasteiger partial charge is 0.371 e. The van der Waals surface area contributed by atoms with Crippen molar-refractivity contribution in [2.45, 2.75) is 12.8 Å². The van der Waals surface area contributed by atoms with Crippen LogP contribution in [0.3, 0.4) is 0 Å². The van der Waals surface area contributed by atoms with Gasteiger partial charge in [-0.25, -0.2) is 0 Å². The molecule has 0 unspecified atom stereocenters. The molecule has 0 aromatic heterocycles. The predicted molar refractivity (Wildman–Crippen MR) is 77.1 cm³/mol. The first-order chi connectivity index (χ1) is 9.63. The van der Waals surface area contributed by atoms with Gasteiger partial charge in [-0.05, 0) is 18.9 Å². The maximum Gasteiger partial charge on any atom is 0.270 e. The van der Waals surface area contributed by atoms with Crippen LogP contribution in [0.5, 0.6) is 0 Å². The highest BCUT2D eigenvalue weighted by atomic mass is 16.6. The highest BCUT2D eigenvalue weighted by molar-refractivity contribution is 6.00. The second kappa shape index (κ2) is 6.18. The molecule has 0 bridgehead atoms. The molecule has 0 saturated carbocycles. The molecule has 1 heterocycles. The molecule has 2 rings (SSSR count). The zero-order chi connectivity index (χ0) is 14.5. The summed E-state index contributed by atoms with van der Waals surface area (Å²) in [6.45, 7) is 5.62. The number of carbonyl (C=O) groups excluding carboxylic acids is 1. The summed E-state index contributed by atoms with van der Waals surface area (Å²) in [7, 11) is 0. The molecule has 20 heavy (non-hydrogen) atoms. The smallest absolute Gasteiger partial charge is 0.270 e. The van der Waals surface area contributed by atoms with E-state index in [0.29, 0.717) is 12.1 Å². The zero-order valence-electron chi connectivity index (χ0n) is 11.2. The van der Waals surface area contributed by atoms with Crippen molar-refractivity contribution >= 4 is 17.3 Å². The third-order valence-electron chi connectivity index (χ3n) is 3.29. The number of carbonyl (C=O) groups is 1. The lowest BCUT2D eigenvalue weighted by Gasteiger charge is -2.20. The summed E-state index contributed by atoms with van der Waals surface area (Å²) in [5.41, 5.74) is 1.04. The van der Waals surface area contributed by atoms with E-state index in [1.807, 2.05) is 0 Å². The van der Waals surface area contributed by atoms with Crippen LogP contribution in [0.4, 0.5) is 11.4 Å². The summed E-state index contributed by atoms with van der Waals surface area (Å²) in [5, 5.41) is 13.5. The molecule has 0 aliphatic carbocycles. The van der Waals surface area contributed by atoms with Crippen LogP contribution in [0.1, 0.15) is 23.2 Å². The van der Waals surface area contributed by atoms with E-state index < -0.39 is 4.92 Å². The Kier molecular flexibility index (Phi) is 4.34. The number of nitrogens with one attached hydrogen (secondary N) is 1. The van der Waals surface area contributed by atoms with Crippen molar-refractivity contribution in [2.24, 2.45) is 0 Å². The van der Waals surface area contributed by atoms with Crippen LogP contribution in [0.15, 0.2) is 30.9 Å². The Balaban J connectivity index is 2.36. The third kappa shape index (κ3) is 2.96. The molecule has 1 aromatic rings. The van der Waals surface area contributed by atoms with E-state index in [1.165, 1.54) is 12.1 Å². The molecule has 0 spiro atoms. The minimum atomic E-state index is -0.488. The first-order valence-electron chi connectivity index (χ1n) is 6.56. The Bertz CT molecular complexity index is 536. The molecule has 1 fully saturated rings. The van der Waals surface area contributed by atoms with Gasteiger partial charge in [0.05, 0.1) is 16.2 Å². The van der Waals surface area contributed by atoms with Gasteiger partial charge in [0.25, 0.3) is 11.6 Å². The van der Waals surface area contributed by atoms with E-state index in [0.717, 1.165) is 31.6 Å². The zero-order valence-corrected chi connectivity index (χ0v) is 11.2. The van der Waals surface area contributed by atoms with Gasteiger partial charge in [0.2, 0.25) is 0 Å². The molecule has 1 aliphatic heterocycles. The lowest BCUT2D eigenvalue weighted by atomic mass is 10.1. The van der Waals surface area contributed by atoms with E-state index in [1.54, 1.807) is 12.1 Å². The molecule has 6 nitrogen and oxygen atoms in total. The van der Waals surface area contributed by atoms with Gasteiger partial charge in [0.15, 0.2) is 0 Å². The number of amides is 1. The van der Waals surface area contributed by atoms with Crippen molar-refractivity contribution in [1.82, 2.24) is 5.32 Å². The standard InChI is InChI=1S/C14H17N3O3/c1-2-7-15-14(18)12-10-11(17(19)20)5-6-13(12)16-8-3-4-9-16/h2,5-6,10H,1,3-4,7-9H2,(H,15,18). The van der Waals surface area contributed by atoms with Gasteiger partial charge < -0.3 is 10.2 Å². The number of nitro groups is 1. The monoisotopic (exact) mass is 275 g/mol. The SMILES string of the molecule is C=CCNC(=O)c1cc([N+](=O)[O-])ccc1N1CCCC1. The van der Waals surface area contributed by atoms with E-state index >= 15 is 0 Å². The molecule has 1 aromatic carbocycles. The van der Waals surface area contributed by atoms with E-state index in [2.05, 4.69) is 16.8 Å². The average molecular weight is 275 g/mol. The Morgan fingerprint density at radius 2 is 2.15 bits per heavy atom. The van der Waals surface area contributed by atoms with Gasteiger partial charge in [-0.2, -0.15) is 0 Å². The van der Waals surface area contributed by atoms with Crippen LogP contribution in [0.2, 0.25) is 0 Å². The number of hydrogen-bond donors (Lipinski definition) is 1. The highest BCUT2D eigenvalue weighted by Gasteiger charge is 2.22. The number of hydrogen-bond acceptors (Lipinski definition) is 4. The highest BCUT2D eigenvalue weighted by Crippen LogP contribution is 2.28. The Labute approximate surface area is 117 Å². The summed E-state index contributed by atoms with van der Waals surface area (Å²) in [6, 6.07) is 4.44. The summed E-state index contributed by atoms with van der Waals surface area (Å²) in [4.78, 5) is 24.6. The van der Waals surface area contributed by atoms with Crippen molar-refractivity contribution < 1.29 is 9.72 Å². The fourth-order valence-electron chi connectivity index (χ4n) is 2.31. The van der Waals surface area contributed by atoms with Crippen LogP contribution < -0.4 is 10.2 Å². The van der Waals surface area contributed by atoms with E-state index in [-0.39, 0.29) is 11.6 Å². The van der Waals surface area contributed by atoms with Crippen LogP contribution >= 0.6 is 0 Å². The van der Waals surface area contributed by atoms with Gasteiger partial charge in [-0.15, -0.1) is 6.58 Å². The first-order valence-corrected chi connectivity index (χ1v) is 6.56. The first kappa shape index (κ1) is 14.0. The van der Waals surface area contributed by atoms with Gasteiger partial charge in [-0.1, -0.05) is 6.08 Å². The van der Waals surface area contributed by atoms with Crippen molar-refractivity contribution in [1.29, 1.82) is 0 Å². The van der Waals surface area contributed by atoms with Crippen molar-refractivity contribution in [3.05, 3.63) is 46.5 Å². The van der Waals surface area contributed by atoms with Crippen LogP contribution in [0, 0.1) is 10.1 Å². The normalized spacial score (nSPS) is 14.1. The minimum Gasteiger partial charge on any atom is -0.371 e. The van der Waals surface area contributed by atoms with E-state index in [4.69, 9.17) is 0 Å². The summed E-state index contributed by atoms with van der Waals surface area (Å²) < 4.78 is 0. The molecule has 106 valence electrons. The van der Waals surface area contributed by atoms with Crippen LogP contribution in [-0.4, -0.2) is 30.5 Å². The molecule has 1 N–H and O–H groups in total. The molecular weight excluding hydrogens is 258 g/mol. The second-order valence-electron chi connectivity index (χ2n) is 4.65. The molecule has 1 saturated heterocycles. The van der Waals surface area contributed by atoms with Gasteiger partial charge >= 0.3 is 0 Å². The predicted octanol–water partition coefficient (Wildman–Crippen LogP) is 2.11. The number of non-ortho nitro benzene ring substituents is 1. The van der Waals surface area contributed by atoms with Gasteiger partial charge in [0.1, 0.15) is 0 Å². The molecule has 0 radical (unpaired) electrons. The number of nitro benzene ring substituents is 1. The minimum absolute atomic E-state index is 0.0725. The molecule has 1 aliphatic rings.